The first-order chi connectivity index (χ1) is 12.9. The van der Waals surface area contributed by atoms with Crippen molar-refractivity contribution in [3.8, 4) is 17.5 Å². The largest absolute Gasteiger partial charge is 0.362 e. The van der Waals surface area contributed by atoms with Gasteiger partial charge in [-0.15, -0.1) is 0 Å². The van der Waals surface area contributed by atoms with E-state index in [1.165, 1.54) is 6.07 Å². The molecule has 0 aliphatic rings. The number of halogens is 3. The fraction of sp³-hybridized carbons (Fsp3) is 0.150. The molecule has 1 heterocycles. The van der Waals surface area contributed by atoms with Crippen LogP contribution in [0.2, 0.25) is 5.02 Å². The standard InChI is InChI=1S/C20H15ClFIN4/c1-11(16-8-5-14(21)9-18(16)22)26-20-17(10-24)12(2)25-19(27-20)13-3-6-15(23)7-4-13/h3-9,11H,1-2H3,(H,25,26,27)/t11-/m1/s1. The van der Waals surface area contributed by atoms with Crippen molar-refractivity contribution in [1.82, 2.24) is 9.97 Å². The van der Waals surface area contributed by atoms with Crippen molar-refractivity contribution in [1.29, 1.82) is 5.26 Å². The van der Waals surface area contributed by atoms with E-state index in [4.69, 9.17) is 11.6 Å². The maximum absolute atomic E-state index is 14.2. The Labute approximate surface area is 175 Å². The van der Waals surface area contributed by atoms with E-state index in [0.29, 0.717) is 33.5 Å². The van der Waals surface area contributed by atoms with E-state index in [1.54, 1.807) is 26.0 Å². The van der Waals surface area contributed by atoms with Crippen LogP contribution in [0.15, 0.2) is 42.5 Å². The number of nitrogens with one attached hydrogen (secondary N) is 1. The number of aryl methyl sites for hydroxylation is 1. The van der Waals surface area contributed by atoms with Crippen LogP contribution >= 0.6 is 34.2 Å². The van der Waals surface area contributed by atoms with E-state index < -0.39 is 11.9 Å². The van der Waals surface area contributed by atoms with E-state index >= 15 is 0 Å². The van der Waals surface area contributed by atoms with Crippen molar-refractivity contribution in [2.45, 2.75) is 19.9 Å². The summed E-state index contributed by atoms with van der Waals surface area (Å²) < 4.78 is 15.3. The molecule has 1 aromatic heterocycles. The van der Waals surface area contributed by atoms with Crippen molar-refractivity contribution >= 4 is 40.0 Å². The number of anilines is 1. The van der Waals surface area contributed by atoms with E-state index in [2.05, 4.69) is 43.9 Å². The third-order valence-electron chi connectivity index (χ3n) is 4.09. The lowest BCUT2D eigenvalue weighted by atomic mass is 10.1. The van der Waals surface area contributed by atoms with E-state index in [0.717, 1.165) is 9.13 Å². The number of benzene rings is 2. The molecule has 1 N–H and O–H groups in total. The first-order valence-corrected chi connectivity index (χ1v) is 9.61. The zero-order valence-corrected chi connectivity index (χ0v) is 17.5. The molecule has 0 bridgehead atoms. The maximum atomic E-state index is 14.2. The van der Waals surface area contributed by atoms with E-state index in [9.17, 15) is 9.65 Å². The number of nitrogens with zero attached hydrogens (tertiary/aromatic N) is 3. The predicted octanol–water partition coefficient (Wildman–Crippen LogP) is 5.89. The van der Waals surface area contributed by atoms with E-state index in [-0.39, 0.29) is 0 Å². The lowest BCUT2D eigenvalue weighted by Gasteiger charge is -2.18. The van der Waals surface area contributed by atoms with Crippen LogP contribution in [-0.2, 0) is 0 Å². The van der Waals surface area contributed by atoms with Gasteiger partial charge in [0.05, 0.1) is 11.7 Å². The summed E-state index contributed by atoms with van der Waals surface area (Å²) in [6.45, 7) is 3.56. The Balaban J connectivity index is 2.00. The van der Waals surface area contributed by atoms with Gasteiger partial charge in [-0.05, 0) is 60.7 Å². The molecule has 0 radical (unpaired) electrons. The van der Waals surface area contributed by atoms with Crippen LogP contribution in [0.1, 0.15) is 29.8 Å². The SMILES string of the molecule is Cc1nc(-c2ccc(I)cc2)nc(N[C@H](C)c2ccc(Cl)cc2F)c1C#N. The third kappa shape index (κ3) is 4.37. The van der Waals surface area contributed by atoms with Gasteiger partial charge in [0.15, 0.2) is 5.82 Å². The summed E-state index contributed by atoms with van der Waals surface area (Å²) in [5, 5.41) is 13.0. The molecular weight excluding hydrogens is 478 g/mol. The Hall–Kier alpha value is -2.24. The van der Waals surface area contributed by atoms with Gasteiger partial charge in [0, 0.05) is 19.7 Å². The molecule has 136 valence electrons. The minimum absolute atomic E-state index is 0.333. The van der Waals surface area contributed by atoms with Crippen LogP contribution in [-0.4, -0.2) is 9.97 Å². The van der Waals surface area contributed by atoms with Crippen LogP contribution < -0.4 is 5.32 Å². The van der Waals surface area contributed by atoms with Gasteiger partial charge in [-0.2, -0.15) is 5.26 Å². The lowest BCUT2D eigenvalue weighted by Crippen LogP contribution is -2.13. The average molecular weight is 493 g/mol. The Morgan fingerprint density at radius 3 is 2.52 bits per heavy atom. The number of rotatable bonds is 4. The number of aromatic nitrogens is 2. The summed E-state index contributed by atoms with van der Waals surface area (Å²) in [5.41, 5.74) is 2.18. The average Bonchev–Trinajstić information content (AvgIpc) is 2.62. The van der Waals surface area contributed by atoms with Crippen molar-refractivity contribution < 1.29 is 4.39 Å². The molecule has 3 rings (SSSR count). The smallest absolute Gasteiger partial charge is 0.161 e. The quantitative estimate of drug-likeness (QED) is 0.461. The fourth-order valence-corrected chi connectivity index (χ4v) is 3.19. The van der Waals surface area contributed by atoms with Crippen molar-refractivity contribution in [3.63, 3.8) is 0 Å². The summed E-state index contributed by atoms with van der Waals surface area (Å²) in [7, 11) is 0. The van der Waals surface area contributed by atoms with Gasteiger partial charge >= 0.3 is 0 Å². The summed E-state index contributed by atoms with van der Waals surface area (Å²) >= 11 is 8.05. The second-order valence-electron chi connectivity index (χ2n) is 6.01. The van der Waals surface area contributed by atoms with Gasteiger partial charge in [0.25, 0.3) is 0 Å². The fourth-order valence-electron chi connectivity index (χ4n) is 2.67. The lowest BCUT2D eigenvalue weighted by molar-refractivity contribution is 0.600. The first-order valence-electron chi connectivity index (χ1n) is 8.15. The Bertz CT molecular complexity index is 1030. The highest BCUT2D eigenvalue weighted by Crippen LogP contribution is 2.27. The highest BCUT2D eigenvalue weighted by molar-refractivity contribution is 14.1. The third-order valence-corrected chi connectivity index (χ3v) is 5.04. The topological polar surface area (TPSA) is 61.6 Å². The first kappa shape index (κ1) is 19.5. The number of nitriles is 1. The molecule has 3 aromatic rings. The van der Waals surface area contributed by atoms with Crippen molar-refractivity contribution in [3.05, 3.63) is 73.7 Å². The van der Waals surface area contributed by atoms with Crippen LogP contribution in [0, 0.1) is 27.6 Å². The van der Waals surface area contributed by atoms with Crippen molar-refractivity contribution in [2.24, 2.45) is 0 Å². The molecule has 0 amide bonds. The molecule has 0 spiro atoms. The summed E-state index contributed by atoms with van der Waals surface area (Å²) in [6.07, 6.45) is 0. The second-order valence-corrected chi connectivity index (χ2v) is 7.69. The number of hydrogen-bond acceptors (Lipinski definition) is 4. The zero-order valence-electron chi connectivity index (χ0n) is 14.6. The van der Waals surface area contributed by atoms with Crippen molar-refractivity contribution in [2.75, 3.05) is 5.32 Å². The molecule has 27 heavy (non-hydrogen) atoms. The predicted molar refractivity (Wildman–Crippen MR) is 113 cm³/mol. The van der Waals surface area contributed by atoms with Crippen LogP contribution in [0.25, 0.3) is 11.4 Å². The minimum Gasteiger partial charge on any atom is -0.362 e. The monoisotopic (exact) mass is 492 g/mol. The summed E-state index contributed by atoms with van der Waals surface area (Å²) in [4.78, 5) is 8.97. The van der Waals surface area contributed by atoms with Crippen LogP contribution in [0.4, 0.5) is 10.2 Å². The molecule has 0 fully saturated rings. The second kappa shape index (κ2) is 8.19. The zero-order chi connectivity index (χ0) is 19.6. The van der Waals surface area contributed by atoms with Gasteiger partial charge in [0.1, 0.15) is 23.3 Å². The van der Waals surface area contributed by atoms with E-state index in [1.807, 2.05) is 24.3 Å². The molecule has 2 aromatic carbocycles. The normalized spacial score (nSPS) is 11.7. The number of hydrogen-bond donors (Lipinski definition) is 1. The Kier molecular flexibility index (Phi) is 5.92. The summed E-state index contributed by atoms with van der Waals surface area (Å²) in [5.74, 6) is 0.472. The molecular formula is C20H15ClFIN4. The van der Waals surface area contributed by atoms with Gasteiger partial charge in [0.2, 0.25) is 0 Å². The molecule has 0 aliphatic carbocycles. The summed E-state index contributed by atoms with van der Waals surface area (Å²) in [6, 6.07) is 14.0. The minimum atomic E-state index is -0.412. The van der Waals surface area contributed by atoms with Crippen LogP contribution in [0.3, 0.4) is 0 Å². The van der Waals surface area contributed by atoms with Gasteiger partial charge in [-0.25, -0.2) is 14.4 Å². The molecule has 0 saturated heterocycles. The van der Waals surface area contributed by atoms with Crippen LogP contribution in [0.5, 0.6) is 0 Å². The van der Waals surface area contributed by atoms with Gasteiger partial charge < -0.3 is 5.32 Å². The molecule has 4 nitrogen and oxygen atoms in total. The highest BCUT2D eigenvalue weighted by atomic mass is 127. The molecule has 0 aliphatic heterocycles. The van der Waals surface area contributed by atoms with Gasteiger partial charge in [-0.1, -0.05) is 29.8 Å². The maximum Gasteiger partial charge on any atom is 0.161 e. The molecule has 0 unspecified atom stereocenters. The molecule has 0 saturated carbocycles. The Morgan fingerprint density at radius 2 is 1.89 bits per heavy atom. The highest BCUT2D eigenvalue weighted by Gasteiger charge is 2.17. The molecule has 1 atom stereocenters. The Morgan fingerprint density at radius 1 is 1.19 bits per heavy atom. The molecule has 7 heteroatoms. The van der Waals surface area contributed by atoms with Gasteiger partial charge in [-0.3, -0.25) is 0 Å².